The summed E-state index contributed by atoms with van der Waals surface area (Å²) in [5, 5.41) is 3.34. The third-order valence-electron chi connectivity index (χ3n) is 3.31. The first kappa shape index (κ1) is 16.3. The predicted octanol–water partition coefficient (Wildman–Crippen LogP) is 4.54. The topological polar surface area (TPSA) is 30.5 Å². The van der Waals surface area contributed by atoms with Gasteiger partial charge in [-0.15, -0.1) is 0 Å². The van der Waals surface area contributed by atoms with Crippen molar-refractivity contribution in [2.75, 3.05) is 21.3 Å². The molecule has 0 fully saturated rings. The highest BCUT2D eigenvalue weighted by atomic mass is 79.9. The number of methoxy groups -OCH3 is 2. The van der Waals surface area contributed by atoms with E-state index in [2.05, 4.69) is 61.4 Å². The number of hydrogen-bond donors (Lipinski definition) is 1. The van der Waals surface area contributed by atoms with Crippen LogP contribution in [-0.4, -0.2) is 21.3 Å². The van der Waals surface area contributed by atoms with Gasteiger partial charge in [-0.3, -0.25) is 0 Å². The standard InChI is InChI=1S/C16H17Br2NO2/c1-19-16(10-4-6-14(20-2)12(17)8-10)11-5-7-15(21-3)13(18)9-11/h4-9,16,19H,1-3H3. The molecule has 0 saturated heterocycles. The molecule has 0 heterocycles. The van der Waals surface area contributed by atoms with Crippen LogP contribution in [0.1, 0.15) is 17.2 Å². The van der Waals surface area contributed by atoms with Gasteiger partial charge in [0, 0.05) is 0 Å². The molecule has 0 radical (unpaired) electrons. The van der Waals surface area contributed by atoms with Gasteiger partial charge in [0.15, 0.2) is 0 Å². The van der Waals surface area contributed by atoms with Crippen molar-refractivity contribution >= 4 is 31.9 Å². The van der Waals surface area contributed by atoms with E-state index in [9.17, 15) is 0 Å². The fourth-order valence-corrected chi connectivity index (χ4v) is 3.37. The second kappa shape index (κ2) is 7.29. The predicted molar refractivity (Wildman–Crippen MR) is 92.3 cm³/mol. The molecule has 5 heteroatoms. The Bertz CT molecular complexity index is 578. The molecule has 0 amide bonds. The number of ether oxygens (including phenoxy) is 2. The second-order valence-corrected chi connectivity index (χ2v) is 6.22. The Kier molecular flexibility index (Phi) is 5.67. The molecule has 0 aliphatic carbocycles. The molecule has 2 aromatic rings. The van der Waals surface area contributed by atoms with Crippen molar-refractivity contribution < 1.29 is 9.47 Å². The lowest BCUT2D eigenvalue weighted by atomic mass is 9.98. The van der Waals surface area contributed by atoms with Crippen LogP contribution in [0.5, 0.6) is 11.5 Å². The van der Waals surface area contributed by atoms with Crippen LogP contribution in [0, 0.1) is 0 Å². The Labute approximate surface area is 141 Å². The van der Waals surface area contributed by atoms with Gasteiger partial charge in [-0.05, 0) is 74.3 Å². The van der Waals surface area contributed by atoms with Gasteiger partial charge in [-0.1, -0.05) is 12.1 Å². The summed E-state index contributed by atoms with van der Waals surface area (Å²) < 4.78 is 12.4. The van der Waals surface area contributed by atoms with Crippen LogP contribution in [0.2, 0.25) is 0 Å². The number of rotatable bonds is 5. The van der Waals surface area contributed by atoms with E-state index in [1.54, 1.807) is 14.2 Å². The minimum absolute atomic E-state index is 0.0920. The van der Waals surface area contributed by atoms with Gasteiger partial charge in [0.25, 0.3) is 0 Å². The van der Waals surface area contributed by atoms with Crippen molar-refractivity contribution in [3.8, 4) is 11.5 Å². The lowest BCUT2D eigenvalue weighted by molar-refractivity contribution is 0.411. The normalized spacial score (nSPS) is 10.8. The van der Waals surface area contributed by atoms with Gasteiger partial charge in [0.2, 0.25) is 0 Å². The second-order valence-electron chi connectivity index (χ2n) is 4.51. The fraction of sp³-hybridized carbons (Fsp3) is 0.250. The average Bonchev–Trinajstić information content (AvgIpc) is 2.48. The molecular formula is C16H17Br2NO2. The van der Waals surface area contributed by atoms with Gasteiger partial charge < -0.3 is 14.8 Å². The zero-order chi connectivity index (χ0) is 15.4. The molecule has 0 aliphatic rings. The van der Waals surface area contributed by atoms with Crippen molar-refractivity contribution in [3.63, 3.8) is 0 Å². The van der Waals surface area contributed by atoms with Gasteiger partial charge in [-0.25, -0.2) is 0 Å². The van der Waals surface area contributed by atoms with E-state index in [1.807, 2.05) is 19.2 Å². The molecule has 3 nitrogen and oxygen atoms in total. The third-order valence-corrected chi connectivity index (χ3v) is 4.55. The van der Waals surface area contributed by atoms with Crippen molar-refractivity contribution in [1.82, 2.24) is 5.32 Å². The van der Waals surface area contributed by atoms with E-state index < -0.39 is 0 Å². The van der Waals surface area contributed by atoms with Crippen LogP contribution in [0.4, 0.5) is 0 Å². The lowest BCUT2D eigenvalue weighted by Gasteiger charge is -2.19. The Morgan fingerprint density at radius 1 is 0.857 bits per heavy atom. The number of hydrogen-bond acceptors (Lipinski definition) is 3. The fourth-order valence-electron chi connectivity index (χ4n) is 2.25. The summed E-state index contributed by atoms with van der Waals surface area (Å²) in [4.78, 5) is 0. The molecular weight excluding hydrogens is 398 g/mol. The number of halogens is 2. The molecule has 112 valence electrons. The first-order valence-electron chi connectivity index (χ1n) is 6.44. The summed E-state index contributed by atoms with van der Waals surface area (Å²) in [7, 11) is 5.27. The maximum Gasteiger partial charge on any atom is 0.133 e. The smallest absolute Gasteiger partial charge is 0.133 e. The molecule has 0 atom stereocenters. The minimum atomic E-state index is 0.0920. The third kappa shape index (κ3) is 3.59. The molecule has 0 unspecified atom stereocenters. The van der Waals surface area contributed by atoms with E-state index in [-0.39, 0.29) is 6.04 Å². The maximum absolute atomic E-state index is 5.28. The zero-order valence-corrected chi connectivity index (χ0v) is 15.3. The average molecular weight is 415 g/mol. The van der Waals surface area contributed by atoms with Gasteiger partial charge in [0.1, 0.15) is 11.5 Å². The van der Waals surface area contributed by atoms with E-state index in [0.29, 0.717) is 0 Å². The van der Waals surface area contributed by atoms with Crippen molar-refractivity contribution in [3.05, 3.63) is 56.5 Å². The van der Waals surface area contributed by atoms with Crippen LogP contribution >= 0.6 is 31.9 Å². The lowest BCUT2D eigenvalue weighted by Crippen LogP contribution is -2.17. The van der Waals surface area contributed by atoms with E-state index >= 15 is 0 Å². The van der Waals surface area contributed by atoms with Crippen LogP contribution in [0.15, 0.2) is 45.3 Å². The first-order valence-corrected chi connectivity index (χ1v) is 8.03. The summed E-state index contributed by atoms with van der Waals surface area (Å²) >= 11 is 7.07. The summed E-state index contributed by atoms with van der Waals surface area (Å²) in [5.41, 5.74) is 2.31. The summed E-state index contributed by atoms with van der Waals surface area (Å²) in [6, 6.07) is 12.3. The Morgan fingerprint density at radius 2 is 1.29 bits per heavy atom. The molecule has 2 rings (SSSR count). The maximum atomic E-state index is 5.28. The highest BCUT2D eigenvalue weighted by Gasteiger charge is 2.15. The van der Waals surface area contributed by atoms with Gasteiger partial charge in [-0.2, -0.15) is 0 Å². The van der Waals surface area contributed by atoms with Crippen molar-refractivity contribution in [2.24, 2.45) is 0 Å². The summed E-state index contributed by atoms with van der Waals surface area (Å²) in [6.45, 7) is 0. The molecule has 0 saturated carbocycles. The van der Waals surface area contributed by atoms with Crippen molar-refractivity contribution in [1.29, 1.82) is 0 Å². The Morgan fingerprint density at radius 3 is 1.57 bits per heavy atom. The van der Waals surface area contributed by atoms with Crippen LogP contribution in [0.3, 0.4) is 0 Å². The first-order chi connectivity index (χ1) is 10.1. The van der Waals surface area contributed by atoms with Crippen LogP contribution in [0.25, 0.3) is 0 Å². The zero-order valence-electron chi connectivity index (χ0n) is 12.1. The largest absolute Gasteiger partial charge is 0.496 e. The molecule has 0 aliphatic heterocycles. The molecule has 0 aromatic heterocycles. The molecule has 0 bridgehead atoms. The molecule has 2 aromatic carbocycles. The quantitative estimate of drug-likeness (QED) is 0.779. The van der Waals surface area contributed by atoms with E-state index in [0.717, 1.165) is 31.6 Å². The van der Waals surface area contributed by atoms with Crippen molar-refractivity contribution in [2.45, 2.75) is 6.04 Å². The van der Waals surface area contributed by atoms with Gasteiger partial charge in [0.05, 0.1) is 29.2 Å². The highest BCUT2D eigenvalue weighted by molar-refractivity contribution is 9.10. The minimum Gasteiger partial charge on any atom is -0.496 e. The number of benzene rings is 2. The molecule has 1 N–H and O–H groups in total. The molecule has 21 heavy (non-hydrogen) atoms. The van der Waals surface area contributed by atoms with E-state index in [1.165, 1.54) is 0 Å². The van der Waals surface area contributed by atoms with Gasteiger partial charge >= 0.3 is 0 Å². The monoisotopic (exact) mass is 413 g/mol. The summed E-state index contributed by atoms with van der Waals surface area (Å²) in [5.74, 6) is 1.65. The van der Waals surface area contributed by atoms with Crippen LogP contribution < -0.4 is 14.8 Å². The number of nitrogens with one attached hydrogen (secondary N) is 1. The SMILES string of the molecule is CNC(c1ccc(OC)c(Br)c1)c1ccc(OC)c(Br)c1. The van der Waals surface area contributed by atoms with Crippen LogP contribution in [-0.2, 0) is 0 Å². The highest BCUT2D eigenvalue weighted by Crippen LogP contribution is 2.33. The molecule has 0 spiro atoms. The Hall–Kier alpha value is -1.04. The summed E-state index contributed by atoms with van der Waals surface area (Å²) in [6.07, 6.45) is 0. The van der Waals surface area contributed by atoms with E-state index in [4.69, 9.17) is 9.47 Å². The Balaban J connectivity index is 2.39.